The van der Waals surface area contributed by atoms with Crippen LogP contribution in [-0.4, -0.2) is 112 Å². The summed E-state index contributed by atoms with van der Waals surface area (Å²) in [7, 11) is 0. The molecule has 4 aromatic carbocycles. The number of epoxide rings is 2. The van der Waals surface area contributed by atoms with Crippen LogP contribution in [0.15, 0.2) is 97.1 Å². The van der Waals surface area contributed by atoms with Gasteiger partial charge in [-0.3, -0.25) is 0 Å². The van der Waals surface area contributed by atoms with Gasteiger partial charge in [0.05, 0.1) is 73.1 Å². The fraction of sp³-hybridized carbons (Fsp3) is 0.500. The van der Waals surface area contributed by atoms with Crippen molar-refractivity contribution in [1.82, 2.24) is 0 Å². The van der Waals surface area contributed by atoms with Crippen LogP contribution in [0.2, 0.25) is 0 Å². The van der Waals surface area contributed by atoms with E-state index in [0.29, 0.717) is 72.1 Å². The van der Waals surface area contributed by atoms with Crippen molar-refractivity contribution in [3.8, 4) is 23.0 Å². The van der Waals surface area contributed by atoms with Crippen molar-refractivity contribution >= 4 is 23.9 Å². The lowest BCUT2D eigenvalue weighted by Gasteiger charge is -2.24. The second-order valence-corrected chi connectivity index (χ2v) is 19.5. The SMILES string of the molecule is CCCC(OCC1CCC2OC2C1)Oc1ccc(C(=O)Oc2ccc(C(=O)OC3COC4C(OC(=O)c5ccc(OC(=O)c6ccc(OC(CCC)OCC7CCC8OC8C7)cc6)cc5)COC34)cc2)cc1. The molecule has 0 spiro atoms. The van der Waals surface area contributed by atoms with Gasteiger partial charge in [-0.2, -0.15) is 0 Å². The molecule has 0 bridgehead atoms. The van der Waals surface area contributed by atoms with E-state index in [2.05, 4.69) is 13.8 Å². The number of benzene rings is 4. The van der Waals surface area contributed by atoms with Gasteiger partial charge in [0.2, 0.25) is 0 Å². The number of carbonyl (C=O) groups excluding carboxylic acids is 4. The van der Waals surface area contributed by atoms with Crippen molar-refractivity contribution < 1.29 is 76.0 Å². The lowest BCUT2D eigenvalue weighted by atomic mass is 9.90. The van der Waals surface area contributed by atoms with Crippen molar-refractivity contribution in [2.45, 2.75) is 139 Å². The second-order valence-electron chi connectivity index (χ2n) is 19.5. The monoisotopic (exact) mass is 990 g/mol. The van der Waals surface area contributed by atoms with E-state index >= 15 is 0 Å². The minimum Gasteiger partial charge on any atom is -0.465 e. The molecular weight excluding hydrogens is 929 g/mol. The molecule has 6 aliphatic rings. The standard InChI is InChI=1S/C56H62O16/c1-3-5-49(61-29-33-7-25-43-45(27-33)69-43)65-39-17-9-35(10-18-39)53(57)67-41-21-13-37(14-22-41)55(59)71-47-31-63-52-48(32-64-51(47)52)72-56(60)38-15-23-42(24-16-38)68-54(58)36-11-19-40(20-12-36)66-50(6-4-2)62-30-34-8-26-44-46(28-34)70-44/h9-24,33-34,43-52H,3-8,25-32H2,1-2H3. The molecule has 6 fully saturated rings. The average Bonchev–Trinajstić information content (AvgIpc) is 4.28. The summed E-state index contributed by atoms with van der Waals surface area (Å²) in [4.78, 5) is 52.4. The molecule has 16 nitrogen and oxygen atoms in total. The van der Waals surface area contributed by atoms with E-state index in [1.165, 1.54) is 48.5 Å². The molecule has 4 saturated heterocycles. The third-order valence-electron chi connectivity index (χ3n) is 14.1. The lowest BCUT2D eigenvalue weighted by molar-refractivity contribution is -0.0983. The van der Waals surface area contributed by atoms with Crippen LogP contribution in [0.3, 0.4) is 0 Å². The minimum absolute atomic E-state index is 0.0407. The molecule has 4 heterocycles. The molecule has 2 aliphatic carbocycles. The summed E-state index contributed by atoms with van der Waals surface area (Å²) in [5.41, 5.74) is 1.12. The van der Waals surface area contributed by atoms with Crippen LogP contribution in [0.1, 0.15) is 119 Å². The van der Waals surface area contributed by atoms with Gasteiger partial charge in [0, 0.05) is 12.8 Å². The first kappa shape index (κ1) is 49.7. The zero-order valence-electron chi connectivity index (χ0n) is 40.6. The predicted molar refractivity (Wildman–Crippen MR) is 256 cm³/mol. The molecule has 10 rings (SSSR count). The molecule has 2 saturated carbocycles. The number of hydrogen-bond donors (Lipinski definition) is 0. The van der Waals surface area contributed by atoms with Crippen molar-refractivity contribution in [2.75, 3.05) is 26.4 Å². The molecule has 382 valence electrons. The Hall–Kier alpha value is -5.88. The topological polar surface area (TPSA) is 186 Å². The highest BCUT2D eigenvalue weighted by Gasteiger charge is 2.51. The maximum atomic E-state index is 13.2. The average molecular weight is 991 g/mol. The first-order chi connectivity index (χ1) is 35.1. The minimum atomic E-state index is -0.751. The summed E-state index contributed by atoms with van der Waals surface area (Å²) in [6.07, 6.45) is 7.90. The van der Waals surface area contributed by atoms with Crippen molar-refractivity contribution in [3.05, 3.63) is 119 Å². The molecule has 0 amide bonds. The van der Waals surface area contributed by atoms with Crippen LogP contribution < -0.4 is 18.9 Å². The fourth-order valence-corrected chi connectivity index (χ4v) is 9.92. The van der Waals surface area contributed by atoms with Gasteiger partial charge in [-0.1, -0.05) is 26.7 Å². The maximum Gasteiger partial charge on any atom is 0.343 e. The van der Waals surface area contributed by atoms with Crippen LogP contribution in [0, 0.1) is 11.8 Å². The fourth-order valence-electron chi connectivity index (χ4n) is 9.92. The number of ether oxygens (including phenoxy) is 12. The van der Waals surface area contributed by atoms with Crippen molar-refractivity contribution in [1.29, 1.82) is 0 Å². The van der Waals surface area contributed by atoms with Crippen LogP contribution in [0.5, 0.6) is 23.0 Å². The van der Waals surface area contributed by atoms with Gasteiger partial charge in [-0.25, -0.2) is 19.2 Å². The Bertz CT molecular complexity index is 2300. The normalized spacial score (nSPS) is 27.5. The van der Waals surface area contributed by atoms with E-state index < -0.39 is 48.3 Å². The molecule has 0 radical (unpaired) electrons. The van der Waals surface area contributed by atoms with E-state index in [4.69, 9.17) is 56.8 Å². The lowest BCUT2D eigenvalue weighted by Crippen LogP contribution is -2.36. The summed E-state index contributed by atoms with van der Waals surface area (Å²) >= 11 is 0. The molecule has 72 heavy (non-hydrogen) atoms. The van der Waals surface area contributed by atoms with Crippen LogP contribution >= 0.6 is 0 Å². The highest BCUT2D eigenvalue weighted by atomic mass is 16.7. The summed E-state index contributed by atoms with van der Waals surface area (Å²) < 4.78 is 70.4. The van der Waals surface area contributed by atoms with Gasteiger partial charge >= 0.3 is 23.9 Å². The molecule has 0 N–H and O–H groups in total. The number of carbonyl (C=O) groups is 4. The van der Waals surface area contributed by atoms with Crippen LogP contribution in [0.25, 0.3) is 0 Å². The van der Waals surface area contributed by atoms with Gasteiger partial charge in [0.25, 0.3) is 0 Å². The van der Waals surface area contributed by atoms with E-state index in [9.17, 15) is 19.2 Å². The van der Waals surface area contributed by atoms with Gasteiger partial charge in [0.15, 0.2) is 24.8 Å². The first-order valence-electron chi connectivity index (χ1n) is 25.5. The van der Waals surface area contributed by atoms with Gasteiger partial charge < -0.3 is 56.8 Å². The molecule has 4 aliphatic heterocycles. The number of hydrogen-bond acceptors (Lipinski definition) is 16. The molecule has 0 aromatic heterocycles. The highest BCUT2D eigenvalue weighted by molar-refractivity contribution is 5.93. The quantitative estimate of drug-likeness (QED) is 0.0314. The molecular formula is C56H62O16. The smallest absolute Gasteiger partial charge is 0.343 e. The molecule has 16 heteroatoms. The van der Waals surface area contributed by atoms with Gasteiger partial charge in [-0.15, -0.1) is 0 Å². The van der Waals surface area contributed by atoms with Crippen molar-refractivity contribution in [2.24, 2.45) is 11.8 Å². The third kappa shape index (κ3) is 12.6. The summed E-state index contributed by atoms with van der Waals surface area (Å²) in [6.45, 7) is 5.52. The van der Waals surface area contributed by atoms with Gasteiger partial charge in [0.1, 0.15) is 35.2 Å². The van der Waals surface area contributed by atoms with Crippen molar-refractivity contribution in [3.63, 3.8) is 0 Å². The predicted octanol–water partition coefficient (Wildman–Crippen LogP) is 8.85. The molecule has 4 aromatic rings. The Morgan fingerprint density at radius 2 is 0.833 bits per heavy atom. The summed E-state index contributed by atoms with van der Waals surface area (Å²) in [6, 6.07) is 25.5. The summed E-state index contributed by atoms with van der Waals surface area (Å²) in [5.74, 6) is 0.240. The van der Waals surface area contributed by atoms with Crippen LogP contribution in [-0.2, 0) is 37.9 Å². The zero-order valence-corrected chi connectivity index (χ0v) is 40.6. The number of rotatable bonds is 22. The van der Waals surface area contributed by atoms with E-state index in [1.54, 1.807) is 48.5 Å². The zero-order chi connectivity index (χ0) is 49.6. The number of esters is 4. The Morgan fingerprint density at radius 1 is 0.472 bits per heavy atom. The number of fused-ring (bicyclic) bond motifs is 3. The first-order valence-corrected chi connectivity index (χ1v) is 25.5. The Morgan fingerprint density at radius 3 is 1.19 bits per heavy atom. The van der Waals surface area contributed by atoms with E-state index in [-0.39, 0.29) is 48.4 Å². The third-order valence-corrected chi connectivity index (χ3v) is 14.1. The second kappa shape index (κ2) is 22.9. The van der Waals surface area contributed by atoms with Gasteiger partial charge in [-0.05, 0) is 147 Å². The largest absolute Gasteiger partial charge is 0.465 e. The highest BCUT2D eigenvalue weighted by Crippen LogP contribution is 2.41. The summed E-state index contributed by atoms with van der Waals surface area (Å²) in [5, 5.41) is 0. The Labute approximate surface area is 418 Å². The van der Waals surface area contributed by atoms with Crippen LogP contribution in [0.4, 0.5) is 0 Å². The van der Waals surface area contributed by atoms with E-state index in [0.717, 1.165) is 64.2 Å². The maximum absolute atomic E-state index is 13.2. The Kier molecular flexibility index (Phi) is 15.8. The molecule has 12 unspecified atom stereocenters. The van der Waals surface area contributed by atoms with E-state index in [1.807, 2.05) is 0 Å². The molecule has 12 atom stereocenters. The Balaban J connectivity index is 0.636.